The van der Waals surface area contributed by atoms with Gasteiger partial charge >= 0.3 is 0 Å². The molecular formula is C119H76N12. The van der Waals surface area contributed by atoms with Gasteiger partial charge < -0.3 is 0 Å². The van der Waals surface area contributed by atoms with E-state index in [1.165, 1.54) is 27.5 Å². The van der Waals surface area contributed by atoms with Crippen LogP contribution in [0, 0.1) is 6.92 Å². The molecule has 12 nitrogen and oxygen atoms in total. The number of fused-ring (bicyclic) bond motifs is 25. The molecule has 131 heavy (non-hydrogen) atoms. The van der Waals surface area contributed by atoms with Crippen LogP contribution in [-0.4, -0.2) is 59.8 Å². The molecule has 0 spiro atoms. The van der Waals surface area contributed by atoms with Gasteiger partial charge in [-0.05, 0) is 154 Å². The molecule has 0 atom stereocenters. The zero-order valence-corrected chi connectivity index (χ0v) is 71.0. The number of hydrogen-bond donors (Lipinski definition) is 0. The quantitative estimate of drug-likeness (QED) is 0.126. The second-order valence-corrected chi connectivity index (χ2v) is 32.5. The van der Waals surface area contributed by atoms with E-state index in [-0.39, 0.29) is 0 Å². The van der Waals surface area contributed by atoms with Gasteiger partial charge in [-0.15, -0.1) is 0 Å². The zero-order valence-electron chi connectivity index (χ0n) is 71.0. The molecule has 0 aliphatic carbocycles. The first-order valence-electron chi connectivity index (χ1n) is 43.8. The van der Waals surface area contributed by atoms with E-state index in [9.17, 15) is 0 Å². The molecule has 0 amide bonds. The molecule has 612 valence electrons. The molecule has 12 aromatic heterocycles. The Morgan fingerprint density at radius 2 is 0.351 bits per heavy atom. The first-order chi connectivity index (χ1) is 64.9. The molecule has 0 bridgehead atoms. The zero-order chi connectivity index (χ0) is 87.1. The predicted octanol–water partition coefficient (Wildman–Crippen LogP) is 29.8. The number of aryl methyl sites for hydroxylation is 1. The molecule has 0 fully saturated rings. The van der Waals surface area contributed by atoms with Crippen molar-refractivity contribution in [2.75, 3.05) is 0 Å². The second-order valence-electron chi connectivity index (χ2n) is 32.5. The molecule has 0 N–H and O–H groups in total. The van der Waals surface area contributed by atoms with Crippen molar-refractivity contribution in [1.29, 1.82) is 0 Å². The van der Waals surface area contributed by atoms with E-state index in [1.54, 1.807) is 0 Å². The smallest absolute Gasteiger partial charge is 0.0986 e. The molecule has 26 aromatic rings. The Balaban J connectivity index is 0.0000000995. The Morgan fingerprint density at radius 3 is 0.656 bits per heavy atom. The first-order valence-corrected chi connectivity index (χ1v) is 43.8. The normalized spacial score (nSPS) is 11.4. The summed E-state index contributed by atoms with van der Waals surface area (Å²) in [4.78, 5) is 58.5. The van der Waals surface area contributed by atoms with Crippen molar-refractivity contribution in [2.45, 2.75) is 6.92 Å². The summed E-state index contributed by atoms with van der Waals surface area (Å²) in [6.45, 7) is 2.11. The monoisotopic (exact) mass is 1670 g/mol. The van der Waals surface area contributed by atoms with Crippen molar-refractivity contribution < 1.29 is 0 Å². The van der Waals surface area contributed by atoms with Crippen LogP contribution >= 0.6 is 0 Å². The highest BCUT2D eigenvalue weighted by atomic mass is 14.8. The van der Waals surface area contributed by atoms with Gasteiger partial charge in [-0.25, -0.2) is 19.9 Å². The SMILES string of the molecule is Cc1ccc(-c2cc3c4cccnc4c4ncccc4c3nc2-c2ccccc2)cc1.c1ccc(-c2cc3c4cccnc4c4ncccc4c3nc2-c2ccccc2)cc1.c1ccc(-c2ccc(-c3cc4c5cccnc5c5ncccc5c4nc3-c3ccccc3)cc2)cc1.c1ccc(-c2nc3c(cc2-c2ccc4ccccc4c2)c2cccnc2c2ncccc32)cc1. The highest BCUT2D eigenvalue weighted by Crippen LogP contribution is 2.46. The first kappa shape index (κ1) is 78.0. The summed E-state index contributed by atoms with van der Waals surface area (Å²) >= 11 is 0. The number of nitrogens with zero attached hydrogens (tertiary/aromatic N) is 12. The average Bonchev–Trinajstić information content (AvgIpc) is 0.744. The van der Waals surface area contributed by atoms with Gasteiger partial charge in [0, 0.05) is 159 Å². The van der Waals surface area contributed by atoms with Crippen LogP contribution in [0.15, 0.2) is 444 Å². The van der Waals surface area contributed by atoms with Crippen molar-refractivity contribution in [3.05, 3.63) is 449 Å². The Hall–Kier alpha value is -17.7. The molecule has 14 aromatic carbocycles. The number of hydrogen-bond acceptors (Lipinski definition) is 12. The summed E-state index contributed by atoms with van der Waals surface area (Å²) in [5.74, 6) is 0. The fraction of sp³-hybridized carbons (Fsp3) is 0.00840. The van der Waals surface area contributed by atoms with Crippen LogP contribution in [0.4, 0.5) is 0 Å². The summed E-state index contributed by atoms with van der Waals surface area (Å²) in [5.41, 5.74) is 31.9. The predicted molar refractivity (Wildman–Crippen MR) is 541 cm³/mol. The van der Waals surface area contributed by atoms with Gasteiger partial charge in [0.15, 0.2) is 0 Å². The van der Waals surface area contributed by atoms with Gasteiger partial charge in [0.25, 0.3) is 0 Å². The minimum absolute atomic E-state index is 0.882. The fourth-order valence-electron chi connectivity index (χ4n) is 18.4. The number of aromatic nitrogens is 12. The molecule has 12 heterocycles. The van der Waals surface area contributed by atoms with Gasteiger partial charge in [0.2, 0.25) is 0 Å². The lowest BCUT2D eigenvalue weighted by molar-refractivity contribution is 1.36. The third-order valence-electron chi connectivity index (χ3n) is 24.6. The lowest BCUT2D eigenvalue weighted by Crippen LogP contribution is -1.95. The van der Waals surface area contributed by atoms with E-state index in [0.29, 0.717) is 0 Å². The third kappa shape index (κ3) is 14.6. The maximum atomic E-state index is 5.31. The molecule has 26 rings (SSSR count). The minimum atomic E-state index is 0.882. The van der Waals surface area contributed by atoms with Crippen molar-refractivity contribution in [2.24, 2.45) is 0 Å². The summed E-state index contributed by atoms with van der Waals surface area (Å²) in [7, 11) is 0. The molecule has 0 aliphatic rings. The summed E-state index contributed by atoms with van der Waals surface area (Å²) in [5, 5.41) is 15.2. The van der Waals surface area contributed by atoms with E-state index in [4.69, 9.17) is 29.9 Å². The van der Waals surface area contributed by atoms with Crippen molar-refractivity contribution in [3.63, 3.8) is 0 Å². The van der Waals surface area contributed by atoms with Crippen LogP contribution in [0.5, 0.6) is 0 Å². The summed E-state index contributed by atoms with van der Waals surface area (Å²) in [6, 6.07) is 137. The van der Waals surface area contributed by atoms with Gasteiger partial charge in [0.05, 0.1) is 89.0 Å². The highest BCUT2D eigenvalue weighted by molar-refractivity contribution is 6.27. The summed E-state index contributed by atoms with van der Waals surface area (Å²) < 4.78 is 0. The fourth-order valence-corrected chi connectivity index (χ4v) is 18.4. The van der Waals surface area contributed by atoms with Crippen LogP contribution in [0.3, 0.4) is 0 Å². The number of pyridine rings is 12. The third-order valence-corrected chi connectivity index (χ3v) is 24.6. The Labute approximate surface area is 753 Å². The molecule has 0 aliphatic heterocycles. The minimum Gasteiger partial charge on any atom is -0.254 e. The Bertz CT molecular complexity index is 8770. The van der Waals surface area contributed by atoms with Gasteiger partial charge in [-0.1, -0.05) is 297 Å². The molecular weight excluding hydrogens is 1600 g/mol. The summed E-state index contributed by atoms with van der Waals surface area (Å²) in [6.07, 6.45) is 14.6. The van der Waals surface area contributed by atoms with Crippen molar-refractivity contribution in [1.82, 2.24) is 59.8 Å². The van der Waals surface area contributed by atoms with Gasteiger partial charge in [-0.2, -0.15) is 0 Å². The van der Waals surface area contributed by atoms with E-state index >= 15 is 0 Å². The van der Waals surface area contributed by atoms with Crippen LogP contribution in [-0.2, 0) is 0 Å². The topological polar surface area (TPSA) is 155 Å². The van der Waals surface area contributed by atoms with Crippen LogP contribution in [0.2, 0.25) is 0 Å². The standard InChI is InChI=1S/C33H21N3.C31H19N3.C28H19N3.C27H17N3/c1-3-9-22(10-4-1)23-15-17-24(18-16-23)28-21-29-26-13-7-19-34-32(26)33-27(14-8-20-35-33)31(29)36-30(28)25-11-5-2-6-12-25;1-2-9-21(10-3-1)28-26(23-15-14-20-8-4-5-11-22(20)18-23)19-27-24-12-6-16-32-30(24)31-25(29(27)34-28)13-7-17-33-31;1-18-11-13-19(14-12-18)23-17-24-21-9-5-15-29-27(21)28-22(10-6-16-30-28)26(24)31-25(23)20-7-3-2-4-8-20;1-3-9-18(10-4-1)22-17-23-20-13-7-15-28-26(20)27-21(14-8-16-29-27)25(23)30-24(22)19-11-5-2-6-12-19/h1-21H;1-19H;2-17H,1H3;1-17H. The molecule has 12 heteroatoms. The number of benzene rings is 14. The van der Waals surface area contributed by atoms with Crippen molar-refractivity contribution >= 4 is 142 Å². The van der Waals surface area contributed by atoms with Crippen molar-refractivity contribution in [3.8, 4) is 101 Å². The molecule has 0 saturated carbocycles. The molecule has 0 saturated heterocycles. The Kier molecular flexibility index (Phi) is 20.2. The van der Waals surface area contributed by atoms with Crippen LogP contribution in [0.25, 0.3) is 242 Å². The van der Waals surface area contributed by atoms with Crippen LogP contribution < -0.4 is 0 Å². The van der Waals surface area contributed by atoms with Crippen LogP contribution in [0.1, 0.15) is 5.56 Å². The van der Waals surface area contributed by atoms with E-state index in [0.717, 1.165) is 220 Å². The lowest BCUT2D eigenvalue weighted by Gasteiger charge is -2.15. The largest absolute Gasteiger partial charge is 0.254 e. The lowest BCUT2D eigenvalue weighted by atomic mass is 9.93. The molecule has 0 radical (unpaired) electrons. The second kappa shape index (κ2) is 34.0. The Morgan fingerprint density at radius 1 is 0.137 bits per heavy atom. The van der Waals surface area contributed by atoms with E-state index in [1.807, 2.05) is 135 Å². The van der Waals surface area contributed by atoms with Gasteiger partial charge in [0.1, 0.15) is 0 Å². The van der Waals surface area contributed by atoms with E-state index < -0.39 is 0 Å². The van der Waals surface area contributed by atoms with Gasteiger partial charge in [-0.3, -0.25) is 39.9 Å². The average molecular weight is 1670 g/mol. The maximum absolute atomic E-state index is 5.31. The number of rotatable bonds is 9. The molecule has 0 unspecified atom stereocenters. The highest BCUT2D eigenvalue weighted by Gasteiger charge is 2.24. The maximum Gasteiger partial charge on any atom is 0.0986 e. The van der Waals surface area contributed by atoms with E-state index in [2.05, 4.69) is 346 Å².